The zero-order valence-corrected chi connectivity index (χ0v) is 12.5. The summed E-state index contributed by atoms with van der Waals surface area (Å²) in [5.74, 6) is 0. The molecule has 1 N–H and O–H groups in total. The Morgan fingerprint density at radius 3 is 2.83 bits per heavy atom. The van der Waals surface area contributed by atoms with Gasteiger partial charge in [-0.1, -0.05) is 20.3 Å². The summed E-state index contributed by atoms with van der Waals surface area (Å²) < 4.78 is 0. The Morgan fingerprint density at radius 2 is 2.28 bits per heavy atom. The van der Waals surface area contributed by atoms with Crippen molar-refractivity contribution in [2.75, 3.05) is 13.1 Å². The summed E-state index contributed by atoms with van der Waals surface area (Å²) in [5, 5.41) is 8.03. The number of thiophene rings is 1. The molecular weight excluding hydrogens is 240 g/mol. The van der Waals surface area contributed by atoms with Crippen LogP contribution < -0.4 is 5.32 Å². The Bertz CT molecular complexity index is 319. The highest BCUT2D eigenvalue weighted by atomic mass is 32.1. The molecule has 1 aromatic heterocycles. The Labute approximate surface area is 115 Å². The van der Waals surface area contributed by atoms with Gasteiger partial charge in [-0.25, -0.2) is 0 Å². The first-order chi connectivity index (χ1) is 8.85. The van der Waals surface area contributed by atoms with Crippen LogP contribution in [-0.4, -0.2) is 30.1 Å². The standard InChI is InChI=1S/C15H26N2S/c1-3-5-15(10-16-4-2)17(14-6-7-14)11-13-8-9-18-12-13/h8-9,12,14-16H,3-7,10-11H2,1-2H3. The molecule has 0 amide bonds. The summed E-state index contributed by atoms with van der Waals surface area (Å²) >= 11 is 1.81. The lowest BCUT2D eigenvalue weighted by Crippen LogP contribution is -2.43. The largest absolute Gasteiger partial charge is 0.315 e. The summed E-state index contributed by atoms with van der Waals surface area (Å²) in [6.07, 6.45) is 5.39. The van der Waals surface area contributed by atoms with Crippen LogP contribution in [0.4, 0.5) is 0 Å². The van der Waals surface area contributed by atoms with E-state index in [1.807, 2.05) is 11.3 Å². The summed E-state index contributed by atoms with van der Waals surface area (Å²) in [4.78, 5) is 2.74. The van der Waals surface area contributed by atoms with Crippen LogP contribution in [0.5, 0.6) is 0 Å². The number of hydrogen-bond acceptors (Lipinski definition) is 3. The molecule has 18 heavy (non-hydrogen) atoms. The van der Waals surface area contributed by atoms with Crippen molar-refractivity contribution in [2.24, 2.45) is 0 Å². The molecule has 1 aliphatic rings. The van der Waals surface area contributed by atoms with E-state index in [1.54, 1.807) is 0 Å². The van der Waals surface area contributed by atoms with Crippen LogP contribution in [0.25, 0.3) is 0 Å². The van der Waals surface area contributed by atoms with Crippen molar-refractivity contribution in [1.29, 1.82) is 0 Å². The van der Waals surface area contributed by atoms with Gasteiger partial charge in [0.2, 0.25) is 0 Å². The predicted molar refractivity (Wildman–Crippen MR) is 80.1 cm³/mol. The molecule has 2 rings (SSSR count). The first-order valence-electron chi connectivity index (χ1n) is 7.32. The van der Waals surface area contributed by atoms with Gasteiger partial charge in [-0.05, 0) is 48.2 Å². The van der Waals surface area contributed by atoms with E-state index in [1.165, 1.54) is 31.2 Å². The number of likely N-dealkylation sites (N-methyl/N-ethyl adjacent to an activating group) is 1. The van der Waals surface area contributed by atoms with Crippen molar-refractivity contribution in [3.8, 4) is 0 Å². The van der Waals surface area contributed by atoms with Crippen LogP contribution in [0.1, 0.15) is 45.1 Å². The minimum absolute atomic E-state index is 0.711. The van der Waals surface area contributed by atoms with Gasteiger partial charge in [-0.3, -0.25) is 4.90 Å². The molecule has 1 fully saturated rings. The molecule has 3 heteroatoms. The van der Waals surface area contributed by atoms with Gasteiger partial charge in [0.15, 0.2) is 0 Å². The third-order valence-electron chi connectivity index (χ3n) is 3.68. The van der Waals surface area contributed by atoms with Crippen LogP contribution in [0.3, 0.4) is 0 Å². The highest BCUT2D eigenvalue weighted by molar-refractivity contribution is 7.07. The summed E-state index contributed by atoms with van der Waals surface area (Å²) in [5.41, 5.74) is 1.49. The number of rotatable bonds is 9. The molecule has 0 spiro atoms. The topological polar surface area (TPSA) is 15.3 Å². The third-order valence-corrected chi connectivity index (χ3v) is 4.41. The van der Waals surface area contributed by atoms with Crippen molar-refractivity contribution in [3.05, 3.63) is 22.4 Å². The van der Waals surface area contributed by atoms with Crippen LogP contribution in [0.15, 0.2) is 16.8 Å². The van der Waals surface area contributed by atoms with Crippen molar-refractivity contribution < 1.29 is 0 Å². The Hall–Kier alpha value is -0.380. The van der Waals surface area contributed by atoms with Crippen molar-refractivity contribution >= 4 is 11.3 Å². The molecule has 0 saturated heterocycles. The molecule has 0 bridgehead atoms. The van der Waals surface area contributed by atoms with Gasteiger partial charge in [0.25, 0.3) is 0 Å². The highest BCUT2D eigenvalue weighted by Crippen LogP contribution is 2.31. The molecule has 102 valence electrons. The molecular formula is C15H26N2S. The average molecular weight is 266 g/mol. The Morgan fingerprint density at radius 1 is 1.44 bits per heavy atom. The minimum atomic E-state index is 0.711. The first-order valence-corrected chi connectivity index (χ1v) is 8.27. The minimum Gasteiger partial charge on any atom is -0.315 e. The highest BCUT2D eigenvalue weighted by Gasteiger charge is 2.33. The van der Waals surface area contributed by atoms with E-state index in [0.717, 1.165) is 25.7 Å². The summed E-state index contributed by atoms with van der Waals surface area (Å²) in [7, 11) is 0. The number of nitrogens with zero attached hydrogens (tertiary/aromatic N) is 1. The maximum Gasteiger partial charge on any atom is 0.0248 e. The fourth-order valence-corrected chi connectivity index (χ4v) is 3.25. The van der Waals surface area contributed by atoms with Crippen molar-refractivity contribution in [1.82, 2.24) is 10.2 Å². The van der Waals surface area contributed by atoms with Crippen LogP contribution >= 0.6 is 11.3 Å². The number of hydrogen-bond donors (Lipinski definition) is 1. The van der Waals surface area contributed by atoms with Crippen molar-refractivity contribution in [2.45, 2.75) is 58.2 Å². The average Bonchev–Trinajstić information content (AvgIpc) is 3.09. The van der Waals surface area contributed by atoms with Gasteiger partial charge in [0.05, 0.1) is 0 Å². The molecule has 1 unspecified atom stereocenters. The molecule has 0 aliphatic heterocycles. The quantitative estimate of drug-likeness (QED) is 0.736. The van der Waals surface area contributed by atoms with E-state index in [9.17, 15) is 0 Å². The zero-order chi connectivity index (χ0) is 12.8. The smallest absolute Gasteiger partial charge is 0.0248 e. The van der Waals surface area contributed by atoms with Gasteiger partial charge in [-0.15, -0.1) is 0 Å². The first kappa shape index (κ1) is 14.0. The van der Waals surface area contributed by atoms with E-state index in [0.29, 0.717) is 6.04 Å². The van der Waals surface area contributed by atoms with Crippen LogP contribution in [0, 0.1) is 0 Å². The van der Waals surface area contributed by atoms with Crippen LogP contribution in [-0.2, 0) is 6.54 Å². The van der Waals surface area contributed by atoms with E-state index < -0.39 is 0 Å². The second-order valence-electron chi connectivity index (χ2n) is 5.29. The van der Waals surface area contributed by atoms with Gasteiger partial charge < -0.3 is 5.32 Å². The maximum atomic E-state index is 3.54. The molecule has 0 aromatic carbocycles. The van der Waals surface area contributed by atoms with E-state index >= 15 is 0 Å². The summed E-state index contributed by atoms with van der Waals surface area (Å²) in [6.45, 7) is 7.87. The molecule has 1 heterocycles. The number of nitrogens with one attached hydrogen (secondary N) is 1. The summed E-state index contributed by atoms with van der Waals surface area (Å²) in [6, 6.07) is 3.83. The Balaban J connectivity index is 1.96. The lowest BCUT2D eigenvalue weighted by Gasteiger charge is -2.32. The van der Waals surface area contributed by atoms with Gasteiger partial charge >= 0.3 is 0 Å². The molecule has 0 radical (unpaired) electrons. The molecule has 2 nitrogen and oxygen atoms in total. The molecule has 1 atom stereocenters. The lowest BCUT2D eigenvalue weighted by molar-refractivity contribution is 0.163. The zero-order valence-electron chi connectivity index (χ0n) is 11.7. The molecule has 1 aromatic rings. The van der Waals surface area contributed by atoms with Crippen LogP contribution in [0.2, 0.25) is 0 Å². The third kappa shape index (κ3) is 4.08. The fraction of sp³-hybridized carbons (Fsp3) is 0.733. The Kier molecular flexibility index (Phi) is 5.67. The maximum absolute atomic E-state index is 3.54. The second-order valence-corrected chi connectivity index (χ2v) is 6.07. The SMILES string of the molecule is CCCC(CNCC)N(Cc1ccsc1)C1CC1. The molecule has 1 aliphatic carbocycles. The van der Waals surface area contributed by atoms with E-state index in [-0.39, 0.29) is 0 Å². The van der Waals surface area contributed by atoms with Gasteiger partial charge in [0.1, 0.15) is 0 Å². The fourth-order valence-electron chi connectivity index (χ4n) is 2.59. The normalized spacial score (nSPS) is 17.3. The second kappa shape index (κ2) is 7.27. The predicted octanol–water partition coefficient (Wildman–Crippen LogP) is 3.49. The van der Waals surface area contributed by atoms with Crippen molar-refractivity contribution in [3.63, 3.8) is 0 Å². The van der Waals surface area contributed by atoms with E-state index in [4.69, 9.17) is 0 Å². The molecule has 1 saturated carbocycles. The monoisotopic (exact) mass is 266 g/mol. The van der Waals surface area contributed by atoms with Gasteiger partial charge in [-0.2, -0.15) is 11.3 Å². The van der Waals surface area contributed by atoms with Gasteiger partial charge in [0, 0.05) is 25.2 Å². The van der Waals surface area contributed by atoms with E-state index in [2.05, 4.69) is 40.9 Å². The lowest BCUT2D eigenvalue weighted by atomic mass is 10.1.